The Hall–Kier alpha value is -1.66. The molecule has 0 aliphatic rings. The number of unbranched alkanes of at least 4 members (excludes halogenated alkanes) is 47. The van der Waals surface area contributed by atoms with Crippen LogP contribution in [-0.2, 0) is 14.3 Å². The van der Waals surface area contributed by atoms with E-state index in [-0.39, 0.29) is 18.5 Å². The van der Waals surface area contributed by atoms with E-state index in [1.54, 1.807) is 0 Å². The van der Waals surface area contributed by atoms with Crippen molar-refractivity contribution in [3.8, 4) is 0 Å². The summed E-state index contributed by atoms with van der Waals surface area (Å²) >= 11 is 0. The molecule has 0 radical (unpaired) electrons. The fourth-order valence-corrected chi connectivity index (χ4v) is 10.5. The van der Waals surface area contributed by atoms with E-state index in [1.165, 1.54) is 283 Å². The third kappa shape index (κ3) is 59.4. The second-order valence-electron chi connectivity index (χ2n) is 22.8. The topological polar surface area (TPSA) is 95.9 Å². The number of carbonyl (C=O) groups excluding carboxylic acids is 2. The first kappa shape index (κ1) is 71.3. The molecular formula is C67H129NO5. The molecule has 0 aliphatic carbocycles. The molecule has 0 spiro atoms. The average Bonchev–Trinajstić information content (AvgIpc) is 3.39. The maximum atomic E-state index is 12.5. The highest BCUT2D eigenvalue weighted by atomic mass is 16.5. The lowest BCUT2D eigenvalue weighted by Gasteiger charge is -2.22. The summed E-state index contributed by atoms with van der Waals surface area (Å²) in [6.45, 7) is 4.88. The zero-order chi connectivity index (χ0) is 52.9. The summed E-state index contributed by atoms with van der Waals surface area (Å²) in [5.41, 5.74) is 0. The van der Waals surface area contributed by atoms with Gasteiger partial charge >= 0.3 is 5.97 Å². The van der Waals surface area contributed by atoms with Crippen LogP contribution in [0.5, 0.6) is 0 Å². The smallest absolute Gasteiger partial charge is 0.305 e. The molecule has 432 valence electrons. The number of hydrogen-bond donors (Lipinski definition) is 3. The van der Waals surface area contributed by atoms with Gasteiger partial charge in [-0.1, -0.05) is 334 Å². The van der Waals surface area contributed by atoms with E-state index in [4.69, 9.17) is 4.74 Å². The van der Waals surface area contributed by atoms with E-state index >= 15 is 0 Å². The van der Waals surface area contributed by atoms with E-state index in [1.807, 2.05) is 0 Å². The molecule has 0 bridgehead atoms. The number of allylic oxidation sites excluding steroid dienone is 3. The Morgan fingerprint density at radius 3 is 1.04 bits per heavy atom. The second kappa shape index (κ2) is 62.9. The van der Waals surface area contributed by atoms with Crippen molar-refractivity contribution in [2.75, 3.05) is 13.2 Å². The Morgan fingerprint density at radius 2 is 0.685 bits per heavy atom. The largest absolute Gasteiger partial charge is 0.465 e. The van der Waals surface area contributed by atoms with Crippen molar-refractivity contribution in [2.45, 2.75) is 379 Å². The minimum atomic E-state index is -0.668. The molecule has 0 saturated heterocycles. The zero-order valence-electron chi connectivity index (χ0n) is 49.4. The van der Waals surface area contributed by atoms with Crippen LogP contribution < -0.4 is 5.32 Å². The van der Waals surface area contributed by atoms with Gasteiger partial charge in [0.2, 0.25) is 5.91 Å². The molecule has 73 heavy (non-hydrogen) atoms. The minimum absolute atomic E-state index is 0.0301. The third-order valence-electron chi connectivity index (χ3n) is 15.5. The number of aliphatic hydroxyl groups excluding tert-OH is 2. The van der Waals surface area contributed by atoms with Crippen molar-refractivity contribution >= 4 is 11.9 Å². The van der Waals surface area contributed by atoms with Crippen LogP contribution in [0.2, 0.25) is 0 Å². The van der Waals surface area contributed by atoms with Crippen molar-refractivity contribution in [1.29, 1.82) is 0 Å². The SMILES string of the molecule is CCCCCCCCCCCCCCCCCCCCC(=O)OCC/C=C\C/C=C\CCCCCCCCCCCCCCCCC(=O)NC(CO)C(O)CCCCCCCCCCCCCCCCCCC. The first-order valence-electron chi connectivity index (χ1n) is 33.1. The number of hydrogen-bond acceptors (Lipinski definition) is 5. The van der Waals surface area contributed by atoms with Gasteiger partial charge < -0.3 is 20.3 Å². The molecule has 0 aromatic rings. The molecule has 0 heterocycles. The van der Waals surface area contributed by atoms with Gasteiger partial charge in [-0.25, -0.2) is 0 Å². The summed E-state index contributed by atoms with van der Waals surface area (Å²) in [6.07, 6.45) is 77.9. The number of rotatable bonds is 62. The highest BCUT2D eigenvalue weighted by molar-refractivity contribution is 5.76. The predicted molar refractivity (Wildman–Crippen MR) is 320 cm³/mol. The van der Waals surface area contributed by atoms with Gasteiger partial charge in [-0.2, -0.15) is 0 Å². The van der Waals surface area contributed by atoms with E-state index < -0.39 is 12.1 Å². The van der Waals surface area contributed by atoms with Gasteiger partial charge in [0.15, 0.2) is 0 Å². The lowest BCUT2D eigenvalue weighted by atomic mass is 10.0. The van der Waals surface area contributed by atoms with Gasteiger partial charge in [-0.05, 0) is 44.9 Å². The summed E-state index contributed by atoms with van der Waals surface area (Å²) in [5, 5.41) is 23.3. The number of carbonyl (C=O) groups is 2. The van der Waals surface area contributed by atoms with E-state index in [2.05, 4.69) is 43.5 Å². The fourth-order valence-electron chi connectivity index (χ4n) is 10.5. The Kier molecular flexibility index (Phi) is 61.4. The first-order chi connectivity index (χ1) is 36.0. The van der Waals surface area contributed by atoms with Crippen molar-refractivity contribution in [1.82, 2.24) is 5.32 Å². The molecule has 0 saturated carbocycles. The molecule has 0 aliphatic heterocycles. The standard InChI is InChI=1S/C67H129NO5/c1-3-5-7-9-11-13-15-17-19-21-29-33-37-41-45-49-53-57-61-67(72)73-62-58-54-50-46-42-38-34-30-26-24-22-23-25-28-32-36-40-44-48-52-56-60-66(71)68-64(63-69)65(70)59-55-51-47-43-39-35-31-27-20-18-16-14-12-10-8-6-4-2/h38,42,50,54,64-65,69-70H,3-37,39-41,43-49,51-53,55-63H2,1-2H3,(H,68,71)/b42-38-,54-50-. The number of aliphatic hydroxyl groups is 2. The van der Waals surface area contributed by atoms with Crippen LogP contribution in [0, 0.1) is 0 Å². The Balaban J connectivity index is 3.43. The molecule has 6 heteroatoms. The lowest BCUT2D eigenvalue weighted by Crippen LogP contribution is -2.45. The van der Waals surface area contributed by atoms with Gasteiger partial charge in [0.05, 0.1) is 25.4 Å². The highest BCUT2D eigenvalue weighted by Gasteiger charge is 2.20. The van der Waals surface area contributed by atoms with E-state index in [0.29, 0.717) is 25.9 Å². The van der Waals surface area contributed by atoms with E-state index in [0.717, 1.165) is 51.4 Å². The molecule has 3 N–H and O–H groups in total. The van der Waals surface area contributed by atoms with Gasteiger partial charge in [0, 0.05) is 12.8 Å². The van der Waals surface area contributed by atoms with Gasteiger partial charge in [-0.15, -0.1) is 0 Å². The number of esters is 1. The number of amides is 1. The maximum Gasteiger partial charge on any atom is 0.305 e. The Bertz CT molecular complexity index is 1140. The van der Waals surface area contributed by atoms with Crippen LogP contribution in [0.3, 0.4) is 0 Å². The molecule has 2 atom stereocenters. The number of nitrogens with one attached hydrogen (secondary N) is 1. The Morgan fingerprint density at radius 1 is 0.384 bits per heavy atom. The maximum absolute atomic E-state index is 12.5. The molecule has 6 nitrogen and oxygen atoms in total. The molecule has 1 amide bonds. The summed E-state index contributed by atoms with van der Waals surface area (Å²) in [4.78, 5) is 24.6. The first-order valence-corrected chi connectivity index (χ1v) is 33.1. The summed E-state index contributed by atoms with van der Waals surface area (Å²) < 4.78 is 5.44. The van der Waals surface area contributed by atoms with Crippen molar-refractivity contribution in [3.63, 3.8) is 0 Å². The van der Waals surface area contributed by atoms with Crippen molar-refractivity contribution < 1.29 is 24.5 Å². The average molecular weight is 1030 g/mol. The quantitative estimate of drug-likeness (QED) is 0.0320. The molecule has 0 rings (SSSR count). The van der Waals surface area contributed by atoms with Crippen LogP contribution >= 0.6 is 0 Å². The lowest BCUT2D eigenvalue weighted by molar-refractivity contribution is -0.143. The molecule has 0 aromatic carbocycles. The normalized spacial score (nSPS) is 12.7. The number of ether oxygens (including phenoxy) is 1. The Labute approximate surface area is 456 Å². The summed E-state index contributed by atoms with van der Waals surface area (Å²) in [5.74, 6) is -0.0668. The molecule has 0 aromatic heterocycles. The van der Waals surface area contributed by atoms with Crippen LogP contribution in [0.1, 0.15) is 367 Å². The zero-order valence-corrected chi connectivity index (χ0v) is 49.4. The van der Waals surface area contributed by atoms with Crippen molar-refractivity contribution in [2.24, 2.45) is 0 Å². The molecular weight excluding hydrogens is 899 g/mol. The summed E-state index contributed by atoms with van der Waals surface area (Å²) in [7, 11) is 0. The predicted octanol–water partition coefficient (Wildman–Crippen LogP) is 21.0. The van der Waals surface area contributed by atoms with Crippen LogP contribution in [0.25, 0.3) is 0 Å². The van der Waals surface area contributed by atoms with Crippen LogP contribution in [0.4, 0.5) is 0 Å². The fraction of sp³-hybridized carbons (Fsp3) is 0.910. The third-order valence-corrected chi connectivity index (χ3v) is 15.5. The van der Waals surface area contributed by atoms with Gasteiger partial charge in [0.1, 0.15) is 0 Å². The van der Waals surface area contributed by atoms with Crippen LogP contribution in [-0.4, -0.2) is 47.4 Å². The van der Waals surface area contributed by atoms with E-state index in [9.17, 15) is 19.8 Å². The van der Waals surface area contributed by atoms with Crippen LogP contribution in [0.15, 0.2) is 24.3 Å². The monoisotopic (exact) mass is 1030 g/mol. The molecule has 2 unspecified atom stereocenters. The minimum Gasteiger partial charge on any atom is -0.465 e. The highest BCUT2D eigenvalue weighted by Crippen LogP contribution is 2.18. The summed E-state index contributed by atoms with van der Waals surface area (Å²) in [6, 6.07) is -0.545. The van der Waals surface area contributed by atoms with Gasteiger partial charge in [0.25, 0.3) is 0 Å². The molecule has 0 fully saturated rings. The van der Waals surface area contributed by atoms with Gasteiger partial charge in [-0.3, -0.25) is 9.59 Å². The second-order valence-corrected chi connectivity index (χ2v) is 22.8. The van der Waals surface area contributed by atoms with Crippen molar-refractivity contribution in [3.05, 3.63) is 24.3 Å².